The molecule has 1 heterocycles. The molecule has 1 saturated heterocycles. The lowest BCUT2D eigenvalue weighted by molar-refractivity contribution is -0.133. The Morgan fingerprint density at radius 1 is 1.15 bits per heavy atom. The molecule has 2 fully saturated rings. The Morgan fingerprint density at radius 2 is 1.54 bits per heavy atom. The summed E-state index contributed by atoms with van der Waals surface area (Å²) >= 11 is 0. The molecule has 0 bridgehead atoms. The Labute approximate surface area is 75.8 Å². The number of rotatable bonds is 1. The van der Waals surface area contributed by atoms with Gasteiger partial charge in [0.05, 0.1) is 18.1 Å². The molecule has 2 rings (SSSR count). The monoisotopic (exact) mass is 203 g/mol. The summed E-state index contributed by atoms with van der Waals surface area (Å²) in [5.74, 6) is -1.79. The average Bonchev–Trinajstić information content (AvgIpc) is 1.93. The van der Waals surface area contributed by atoms with Crippen molar-refractivity contribution in [2.24, 2.45) is 11.8 Å². The first-order valence-electron chi connectivity index (χ1n) is 4.01. The minimum atomic E-state index is -3.69. The molecule has 1 saturated carbocycles. The van der Waals surface area contributed by atoms with E-state index in [1.807, 2.05) is 0 Å². The van der Waals surface area contributed by atoms with Gasteiger partial charge in [-0.3, -0.25) is 9.59 Å². The first-order chi connectivity index (χ1) is 5.93. The lowest BCUT2D eigenvalue weighted by Crippen LogP contribution is -2.35. The summed E-state index contributed by atoms with van der Waals surface area (Å²) in [7, 11) is -3.69. The van der Waals surface area contributed by atoms with Crippen LogP contribution < -0.4 is 0 Å². The van der Waals surface area contributed by atoms with Crippen molar-refractivity contribution >= 4 is 21.8 Å². The predicted octanol–water partition coefficient (Wildman–Crippen LogP) is -0.659. The SMILES string of the molecule is CS(=O)(=O)N1C(=O)[C@H]2CC[C@H]2C1=O. The Balaban J connectivity index is 2.41. The van der Waals surface area contributed by atoms with Gasteiger partial charge in [0.15, 0.2) is 0 Å². The fourth-order valence-electron chi connectivity index (χ4n) is 1.83. The number of carbonyl (C=O) groups is 2. The van der Waals surface area contributed by atoms with Crippen molar-refractivity contribution in [1.82, 2.24) is 4.31 Å². The van der Waals surface area contributed by atoms with E-state index in [1.54, 1.807) is 0 Å². The van der Waals surface area contributed by atoms with Crippen LogP contribution in [-0.4, -0.2) is 30.8 Å². The van der Waals surface area contributed by atoms with Crippen LogP contribution in [0.3, 0.4) is 0 Å². The first-order valence-corrected chi connectivity index (χ1v) is 5.86. The number of hydrogen-bond donors (Lipinski definition) is 0. The van der Waals surface area contributed by atoms with Gasteiger partial charge >= 0.3 is 0 Å². The number of amides is 2. The zero-order valence-corrected chi connectivity index (χ0v) is 7.87. The van der Waals surface area contributed by atoms with E-state index < -0.39 is 21.8 Å². The quantitative estimate of drug-likeness (QED) is 0.530. The van der Waals surface area contributed by atoms with Gasteiger partial charge < -0.3 is 0 Å². The van der Waals surface area contributed by atoms with E-state index >= 15 is 0 Å². The van der Waals surface area contributed by atoms with Crippen molar-refractivity contribution in [1.29, 1.82) is 0 Å². The van der Waals surface area contributed by atoms with E-state index in [0.717, 1.165) is 6.26 Å². The summed E-state index contributed by atoms with van der Waals surface area (Å²) < 4.78 is 22.5. The number of carbonyl (C=O) groups excluding carboxylic acids is 2. The molecule has 0 aromatic heterocycles. The molecule has 0 unspecified atom stereocenters. The van der Waals surface area contributed by atoms with Gasteiger partial charge in [0.25, 0.3) is 0 Å². The lowest BCUT2D eigenvalue weighted by atomic mass is 9.76. The Morgan fingerprint density at radius 3 is 1.77 bits per heavy atom. The van der Waals surface area contributed by atoms with Gasteiger partial charge in [-0.05, 0) is 12.8 Å². The highest BCUT2D eigenvalue weighted by molar-refractivity contribution is 7.89. The fourth-order valence-corrected chi connectivity index (χ4v) is 2.75. The number of sulfonamides is 1. The van der Waals surface area contributed by atoms with E-state index in [-0.39, 0.29) is 11.8 Å². The van der Waals surface area contributed by atoms with E-state index in [4.69, 9.17) is 0 Å². The Bertz CT molecular complexity index is 363. The Kier molecular flexibility index (Phi) is 1.54. The van der Waals surface area contributed by atoms with Gasteiger partial charge in [0.2, 0.25) is 21.8 Å². The lowest BCUT2D eigenvalue weighted by Gasteiger charge is -2.23. The smallest absolute Gasteiger partial charge is 0.246 e. The van der Waals surface area contributed by atoms with Crippen LogP contribution in [0.25, 0.3) is 0 Å². The molecule has 72 valence electrons. The second-order valence-corrected chi connectivity index (χ2v) is 5.33. The first kappa shape index (κ1) is 8.68. The van der Waals surface area contributed by atoms with Crippen LogP contribution in [0.1, 0.15) is 12.8 Å². The van der Waals surface area contributed by atoms with Crippen LogP contribution in [0.2, 0.25) is 0 Å². The second kappa shape index (κ2) is 2.31. The van der Waals surface area contributed by atoms with E-state index in [1.165, 1.54) is 0 Å². The van der Waals surface area contributed by atoms with Crippen LogP contribution in [0.15, 0.2) is 0 Å². The van der Waals surface area contributed by atoms with Crippen molar-refractivity contribution < 1.29 is 18.0 Å². The van der Waals surface area contributed by atoms with Gasteiger partial charge in [-0.25, -0.2) is 8.42 Å². The third kappa shape index (κ3) is 1.01. The number of imide groups is 1. The van der Waals surface area contributed by atoms with Gasteiger partial charge in [-0.15, -0.1) is 0 Å². The zero-order chi connectivity index (χ0) is 9.80. The standard InChI is InChI=1S/C7H9NO4S/c1-13(11,12)8-6(9)4-2-3-5(4)7(8)10/h4-5H,2-3H2,1H3/t4-,5+. The number of fused-ring (bicyclic) bond motifs is 1. The minimum absolute atomic E-state index is 0.359. The van der Waals surface area contributed by atoms with Crippen LogP contribution in [0.5, 0.6) is 0 Å². The molecule has 1 aliphatic heterocycles. The fraction of sp³-hybridized carbons (Fsp3) is 0.714. The highest BCUT2D eigenvalue weighted by Crippen LogP contribution is 2.43. The van der Waals surface area contributed by atoms with Crippen LogP contribution in [0.4, 0.5) is 0 Å². The molecule has 2 amide bonds. The maximum atomic E-state index is 11.3. The third-order valence-electron chi connectivity index (χ3n) is 2.64. The van der Waals surface area contributed by atoms with E-state index in [2.05, 4.69) is 0 Å². The van der Waals surface area contributed by atoms with Gasteiger partial charge in [-0.1, -0.05) is 0 Å². The third-order valence-corrected chi connectivity index (χ3v) is 3.66. The highest BCUT2D eigenvalue weighted by Gasteiger charge is 2.55. The molecule has 0 radical (unpaired) electrons. The largest absolute Gasteiger partial charge is 0.273 e. The van der Waals surface area contributed by atoms with Crippen LogP contribution >= 0.6 is 0 Å². The molecule has 0 spiro atoms. The topological polar surface area (TPSA) is 71.5 Å². The van der Waals surface area contributed by atoms with E-state index in [0.29, 0.717) is 17.1 Å². The summed E-state index contributed by atoms with van der Waals surface area (Å²) in [6.45, 7) is 0. The van der Waals surface area contributed by atoms with Gasteiger partial charge in [0.1, 0.15) is 0 Å². The van der Waals surface area contributed by atoms with Crippen molar-refractivity contribution in [3.05, 3.63) is 0 Å². The second-order valence-electron chi connectivity index (χ2n) is 3.49. The molecule has 1 aliphatic carbocycles. The predicted molar refractivity (Wildman–Crippen MR) is 42.9 cm³/mol. The molecule has 0 N–H and O–H groups in total. The Hall–Kier alpha value is -0.910. The summed E-state index contributed by atoms with van der Waals surface area (Å²) in [6, 6.07) is 0. The summed E-state index contributed by atoms with van der Waals surface area (Å²) in [5.41, 5.74) is 0. The zero-order valence-electron chi connectivity index (χ0n) is 7.06. The molecule has 0 aromatic carbocycles. The van der Waals surface area contributed by atoms with Crippen LogP contribution in [-0.2, 0) is 19.6 Å². The summed E-state index contributed by atoms with van der Waals surface area (Å²) in [6.07, 6.45) is 2.16. The molecule has 6 heteroatoms. The maximum absolute atomic E-state index is 11.3. The molecule has 2 aliphatic rings. The normalized spacial score (nSPS) is 33.2. The summed E-state index contributed by atoms with van der Waals surface area (Å²) in [4.78, 5) is 22.7. The van der Waals surface area contributed by atoms with Crippen molar-refractivity contribution in [3.8, 4) is 0 Å². The van der Waals surface area contributed by atoms with Crippen molar-refractivity contribution in [3.63, 3.8) is 0 Å². The van der Waals surface area contributed by atoms with Crippen molar-refractivity contribution in [2.75, 3.05) is 6.26 Å². The average molecular weight is 203 g/mol. The molecule has 13 heavy (non-hydrogen) atoms. The van der Waals surface area contributed by atoms with Crippen molar-refractivity contribution in [2.45, 2.75) is 12.8 Å². The van der Waals surface area contributed by atoms with Gasteiger partial charge in [0, 0.05) is 0 Å². The molecular weight excluding hydrogens is 194 g/mol. The molecule has 2 atom stereocenters. The molecular formula is C7H9NO4S. The highest BCUT2D eigenvalue weighted by atomic mass is 32.2. The van der Waals surface area contributed by atoms with Crippen LogP contribution in [0, 0.1) is 11.8 Å². The minimum Gasteiger partial charge on any atom is -0.273 e. The van der Waals surface area contributed by atoms with Gasteiger partial charge in [-0.2, -0.15) is 4.31 Å². The maximum Gasteiger partial charge on any atom is 0.246 e. The number of hydrogen-bond acceptors (Lipinski definition) is 4. The molecule has 5 nitrogen and oxygen atoms in total. The number of nitrogens with zero attached hydrogens (tertiary/aromatic N) is 1. The molecule has 0 aromatic rings. The summed E-state index contributed by atoms with van der Waals surface area (Å²) in [5, 5.41) is 0. The van der Waals surface area contributed by atoms with E-state index in [9.17, 15) is 18.0 Å².